The van der Waals surface area contributed by atoms with Crippen molar-refractivity contribution in [1.82, 2.24) is 9.88 Å². The predicted molar refractivity (Wildman–Crippen MR) is 181 cm³/mol. The van der Waals surface area contributed by atoms with Crippen LogP contribution in [-0.4, -0.2) is 69.4 Å². The monoisotopic (exact) mass is 743 g/mol. The maximum absolute atomic E-state index is 13.7. The van der Waals surface area contributed by atoms with E-state index in [4.69, 9.17) is 37.4 Å². The molecule has 3 heterocycles. The number of sulfonamides is 1. The molecule has 2 aromatic heterocycles. The van der Waals surface area contributed by atoms with E-state index in [2.05, 4.69) is 9.88 Å². The summed E-state index contributed by atoms with van der Waals surface area (Å²) >= 11 is 13.9. The minimum atomic E-state index is -3.61. The summed E-state index contributed by atoms with van der Waals surface area (Å²) in [5.41, 5.74) is 0.918. The summed E-state index contributed by atoms with van der Waals surface area (Å²) in [6.45, 7) is 0.0572. The van der Waals surface area contributed by atoms with Crippen LogP contribution in [0, 0.1) is 11.8 Å². The van der Waals surface area contributed by atoms with Crippen LogP contribution in [0.4, 0.5) is 13.8 Å². The third kappa shape index (κ3) is 9.29. The number of halogens is 4. The van der Waals surface area contributed by atoms with Crippen LogP contribution >= 0.6 is 34.5 Å². The maximum atomic E-state index is 13.7. The van der Waals surface area contributed by atoms with Gasteiger partial charge in [-0.25, -0.2) is 13.2 Å². The first-order valence-corrected chi connectivity index (χ1v) is 19.3. The second-order valence-electron chi connectivity index (χ2n) is 12.5. The van der Waals surface area contributed by atoms with Crippen molar-refractivity contribution in [2.24, 2.45) is 11.8 Å². The number of carbonyl (C=O) groups excluding carboxylic acids is 1. The second-order valence-corrected chi connectivity index (χ2v) is 16.3. The molecule has 1 aliphatic heterocycles. The molecule has 0 amide bonds. The summed E-state index contributed by atoms with van der Waals surface area (Å²) in [7, 11) is -3.61. The fourth-order valence-electron chi connectivity index (χ4n) is 5.63. The summed E-state index contributed by atoms with van der Waals surface area (Å²) in [6.07, 6.45) is 7.88. The van der Waals surface area contributed by atoms with Gasteiger partial charge in [-0.2, -0.15) is 8.78 Å². The highest BCUT2D eigenvalue weighted by Crippen LogP contribution is 2.39. The van der Waals surface area contributed by atoms with E-state index in [1.165, 1.54) is 34.9 Å². The van der Waals surface area contributed by atoms with Crippen LogP contribution in [0.5, 0.6) is 11.5 Å². The third-order valence-electron chi connectivity index (χ3n) is 8.65. The van der Waals surface area contributed by atoms with Crippen molar-refractivity contribution in [3.63, 3.8) is 0 Å². The molecule has 0 spiro atoms. The topological polar surface area (TPSA) is 98.3 Å². The number of rotatable bonds is 17. The molecule has 1 aromatic carbocycles. The van der Waals surface area contributed by atoms with Crippen molar-refractivity contribution in [3.8, 4) is 11.5 Å². The standard InChI is InChI=1S/C33H37Cl2F2N3O6S2/c34-25-17-38-18-26(35)24(25)16-28(23-7-8-27(46-33(36)37)29(15-23)44-19-21-3-4-21)45-32(41)30-9-10-31(47-30)40(14-13-39-11-1-2-12-39)48(42,43)20-22-5-6-22/h7-10,15,17-18,21-22,28,33H,1-6,11-14,16,19-20H2/t28-/m0/s1. The Kier molecular flexibility index (Phi) is 11.3. The number of hydrogen-bond acceptors (Lipinski definition) is 9. The Morgan fingerprint density at radius 2 is 1.73 bits per heavy atom. The number of benzene rings is 1. The molecule has 1 saturated heterocycles. The highest BCUT2D eigenvalue weighted by Gasteiger charge is 2.34. The van der Waals surface area contributed by atoms with Crippen molar-refractivity contribution in [3.05, 3.63) is 68.8 Å². The average Bonchev–Trinajstić information content (AvgIpc) is 3.93. The van der Waals surface area contributed by atoms with E-state index in [9.17, 15) is 22.0 Å². The van der Waals surface area contributed by atoms with Crippen molar-refractivity contribution < 1.29 is 36.2 Å². The maximum Gasteiger partial charge on any atom is 0.387 e. The van der Waals surface area contributed by atoms with Crippen LogP contribution in [0.2, 0.25) is 10.0 Å². The Bertz CT molecular complexity index is 1680. The Balaban J connectivity index is 1.26. The Morgan fingerprint density at radius 3 is 2.40 bits per heavy atom. The second kappa shape index (κ2) is 15.5. The summed E-state index contributed by atoms with van der Waals surface area (Å²) in [5.74, 6) is -0.144. The van der Waals surface area contributed by atoms with Gasteiger partial charge in [-0.15, -0.1) is 11.3 Å². The number of likely N-dealkylation sites (tertiary alicyclic amines) is 1. The van der Waals surface area contributed by atoms with Gasteiger partial charge in [-0.1, -0.05) is 29.3 Å². The van der Waals surface area contributed by atoms with Crippen molar-refractivity contribution in [1.29, 1.82) is 0 Å². The number of nitrogens with zero attached hydrogens (tertiary/aromatic N) is 3. The molecule has 15 heteroatoms. The lowest BCUT2D eigenvalue weighted by Gasteiger charge is -2.25. The van der Waals surface area contributed by atoms with Gasteiger partial charge in [-0.3, -0.25) is 9.29 Å². The van der Waals surface area contributed by atoms with Gasteiger partial charge < -0.3 is 19.1 Å². The van der Waals surface area contributed by atoms with Gasteiger partial charge >= 0.3 is 12.6 Å². The molecule has 260 valence electrons. The van der Waals surface area contributed by atoms with Gasteiger partial charge in [-0.05, 0) is 98.8 Å². The number of pyridine rings is 1. The molecule has 0 N–H and O–H groups in total. The van der Waals surface area contributed by atoms with Crippen molar-refractivity contribution in [2.75, 3.05) is 42.8 Å². The highest BCUT2D eigenvalue weighted by atomic mass is 35.5. The summed E-state index contributed by atoms with van der Waals surface area (Å²) in [5, 5.41) is 0.974. The zero-order valence-corrected chi connectivity index (χ0v) is 29.3. The molecule has 3 fully saturated rings. The summed E-state index contributed by atoms with van der Waals surface area (Å²) in [6, 6.07) is 7.59. The zero-order valence-electron chi connectivity index (χ0n) is 26.2. The van der Waals surface area contributed by atoms with Crippen molar-refractivity contribution >= 4 is 55.5 Å². The molecular weight excluding hydrogens is 707 g/mol. The van der Waals surface area contributed by atoms with Crippen molar-refractivity contribution in [2.45, 2.75) is 57.7 Å². The van der Waals surface area contributed by atoms with E-state index < -0.39 is 28.7 Å². The molecule has 2 saturated carbocycles. The first-order valence-electron chi connectivity index (χ1n) is 16.1. The average molecular weight is 745 g/mol. The zero-order chi connectivity index (χ0) is 33.8. The fourth-order valence-corrected chi connectivity index (χ4v) is 9.22. The van der Waals surface area contributed by atoms with E-state index in [1.54, 1.807) is 12.1 Å². The summed E-state index contributed by atoms with van der Waals surface area (Å²) < 4.78 is 71.5. The van der Waals surface area contributed by atoms with Crippen LogP contribution in [-0.2, 0) is 21.2 Å². The smallest absolute Gasteiger partial charge is 0.387 e. The lowest BCUT2D eigenvalue weighted by molar-refractivity contribution is -0.0515. The molecule has 1 atom stereocenters. The normalized spacial score (nSPS) is 17.4. The first kappa shape index (κ1) is 35.1. The Hall–Kier alpha value is -2.71. The minimum Gasteiger partial charge on any atom is -0.489 e. The lowest BCUT2D eigenvalue weighted by Crippen LogP contribution is -2.39. The third-order valence-corrected chi connectivity index (χ3v) is 12.5. The van der Waals surface area contributed by atoms with Gasteiger partial charge in [0.15, 0.2) is 11.5 Å². The number of carbonyl (C=O) groups is 1. The molecular formula is C33H37Cl2F2N3O6S2. The number of thiophene rings is 1. The molecule has 3 aromatic rings. The van der Waals surface area contributed by atoms with E-state index in [-0.39, 0.29) is 44.5 Å². The van der Waals surface area contributed by atoms with Crippen LogP contribution < -0.4 is 13.8 Å². The van der Waals surface area contributed by atoms with Crippen LogP contribution in [0.15, 0.2) is 42.7 Å². The minimum absolute atomic E-state index is 0.0407. The quantitative estimate of drug-likeness (QED) is 0.130. The van der Waals surface area contributed by atoms with E-state index >= 15 is 0 Å². The van der Waals surface area contributed by atoms with Crippen LogP contribution in [0.25, 0.3) is 0 Å². The SMILES string of the molecule is O=C(O[C@@H](Cc1c(Cl)cncc1Cl)c1ccc(OC(F)F)c(OCC2CC2)c1)c1ccc(N(CCN2CCCC2)S(=O)(=O)CC2CC2)s1. The number of alkyl halides is 2. The molecule has 6 rings (SSSR count). The van der Waals surface area contributed by atoms with E-state index in [0.717, 1.165) is 63.0 Å². The van der Waals surface area contributed by atoms with Gasteiger partial charge in [0, 0.05) is 31.9 Å². The van der Waals surface area contributed by atoms with Gasteiger partial charge in [0.2, 0.25) is 10.0 Å². The van der Waals surface area contributed by atoms with Gasteiger partial charge in [0.1, 0.15) is 16.0 Å². The summed E-state index contributed by atoms with van der Waals surface area (Å²) in [4.78, 5) is 20.2. The number of hydrogen-bond donors (Lipinski definition) is 0. The number of anilines is 1. The van der Waals surface area contributed by atoms with Crippen LogP contribution in [0.1, 0.15) is 65.4 Å². The molecule has 48 heavy (non-hydrogen) atoms. The van der Waals surface area contributed by atoms with E-state index in [0.29, 0.717) is 41.7 Å². The largest absolute Gasteiger partial charge is 0.489 e. The predicted octanol–water partition coefficient (Wildman–Crippen LogP) is 7.62. The molecule has 3 aliphatic rings. The molecule has 0 unspecified atom stereocenters. The first-order chi connectivity index (χ1) is 23.1. The Morgan fingerprint density at radius 1 is 1.02 bits per heavy atom. The number of ether oxygens (including phenoxy) is 3. The molecule has 2 aliphatic carbocycles. The number of esters is 1. The van der Waals surface area contributed by atoms with Gasteiger partial charge in [0.05, 0.1) is 22.4 Å². The van der Waals surface area contributed by atoms with Gasteiger partial charge in [0.25, 0.3) is 0 Å². The molecule has 0 bridgehead atoms. The lowest BCUT2D eigenvalue weighted by atomic mass is 10.0. The molecule has 9 nitrogen and oxygen atoms in total. The van der Waals surface area contributed by atoms with E-state index in [1.807, 2.05) is 0 Å². The number of aromatic nitrogens is 1. The van der Waals surface area contributed by atoms with Crippen LogP contribution in [0.3, 0.4) is 0 Å². The fraction of sp³-hybridized carbons (Fsp3) is 0.515. The Labute approximate surface area is 293 Å². The molecule has 0 radical (unpaired) electrons. The highest BCUT2D eigenvalue weighted by molar-refractivity contribution is 7.93.